The fourth-order valence-electron chi connectivity index (χ4n) is 4.57. The van der Waals surface area contributed by atoms with Crippen LogP contribution in [-0.4, -0.2) is 62.6 Å². The van der Waals surface area contributed by atoms with Gasteiger partial charge in [0.05, 0.1) is 25.1 Å². The van der Waals surface area contributed by atoms with Crippen LogP contribution in [0.15, 0.2) is 85.2 Å². The predicted molar refractivity (Wildman–Crippen MR) is 172 cm³/mol. The molecule has 3 amide bonds. The van der Waals surface area contributed by atoms with Crippen molar-refractivity contribution >= 4 is 40.3 Å². The lowest BCUT2D eigenvalue weighted by molar-refractivity contribution is -0.139. The number of aromatic nitrogens is 2. The number of ether oxygens (including phenoxy) is 2. The van der Waals surface area contributed by atoms with Crippen molar-refractivity contribution in [1.82, 2.24) is 20.4 Å². The van der Waals surface area contributed by atoms with Crippen LogP contribution in [0.3, 0.4) is 0 Å². The van der Waals surface area contributed by atoms with Gasteiger partial charge in [0.1, 0.15) is 17.2 Å². The fourth-order valence-corrected chi connectivity index (χ4v) is 4.57. The molecule has 242 valence electrons. The van der Waals surface area contributed by atoms with E-state index in [2.05, 4.69) is 21.0 Å². The number of rotatable bonds is 12. The molecule has 2 atom stereocenters. The molecule has 4 rings (SSSR count). The number of nitrogens with zero attached hydrogens (tertiary/aromatic N) is 2. The Morgan fingerprint density at radius 1 is 0.913 bits per heavy atom. The maximum atomic E-state index is 13.5. The van der Waals surface area contributed by atoms with Gasteiger partial charge in [-0.15, -0.1) is 0 Å². The van der Waals surface area contributed by atoms with Crippen molar-refractivity contribution < 1.29 is 33.8 Å². The lowest BCUT2D eigenvalue weighted by Gasteiger charge is -2.29. The smallest absolute Gasteiger partial charge is 0.408 e. The molecule has 0 radical (unpaired) electrons. The Bertz CT molecular complexity index is 1690. The minimum atomic E-state index is -1.44. The quantitative estimate of drug-likeness (QED) is 0.176. The minimum Gasteiger partial charge on any atom is -0.479 e. The first-order chi connectivity index (χ1) is 21.7. The number of carbonyl (C=O) groups is 4. The van der Waals surface area contributed by atoms with Crippen LogP contribution in [0.4, 0.5) is 10.5 Å². The van der Waals surface area contributed by atoms with E-state index >= 15 is 0 Å². The number of anilines is 1. The molecule has 0 bridgehead atoms. The Kier molecular flexibility index (Phi) is 10.4. The van der Waals surface area contributed by atoms with E-state index in [0.29, 0.717) is 5.56 Å². The molecule has 0 aliphatic heterocycles. The third-order valence-corrected chi connectivity index (χ3v) is 6.86. The lowest BCUT2D eigenvalue weighted by atomic mass is 10.0. The van der Waals surface area contributed by atoms with E-state index in [0.717, 1.165) is 16.3 Å². The highest BCUT2D eigenvalue weighted by Gasteiger charge is 2.35. The standard InChI is InChI=1S/C34H39N5O7/c1-33(2,3)46-32(44)38-34(4,5)31(43)37-27(21-45-20-22-11-7-6-8-12-22)29(40)36-26-18-35-39(19-26)28(30(41)42)25-16-15-23-13-9-10-14-24(23)17-25/h6-19,27-28H,20-21H2,1-5H3,(H,36,40)(H,37,43)(H,38,44)(H,41,42). The number of aliphatic carboxylic acids is 1. The van der Waals surface area contributed by atoms with Crippen LogP contribution in [-0.2, 0) is 30.5 Å². The van der Waals surface area contributed by atoms with Gasteiger partial charge in [0.25, 0.3) is 0 Å². The van der Waals surface area contributed by atoms with E-state index in [4.69, 9.17) is 9.47 Å². The van der Waals surface area contributed by atoms with E-state index in [9.17, 15) is 24.3 Å². The van der Waals surface area contributed by atoms with Crippen LogP contribution in [0, 0.1) is 0 Å². The monoisotopic (exact) mass is 629 g/mol. The normalized spacial score (nSPS) is 13.0. The van der Waals surface area contributed by atoms with Gasteiger partial charge in [-0.25, -0.2) is 9.59 Å². The summed E-state index contributed by atoms with van der Waals surface area (Å²) in [5.41, 5.74) is -0.630. The van der Waals surface area contributed by atoms with Crippen molar-refractivity contribution in [3.8, 4) is 0 Å². The molecular weight excluding hydrogens is 590 g/mol. The van der Waals surface area contributed by atoms with Gasteiger partial charge in [0.2, 0.25) is 11.8 Å². The third kappa shape index (κ3) is 9.14. The summed E-state index contributed by atoms with van der Waals surface area (Å²) in [5.74, 6) is -2.42. The second-order valence-electron chi connectivity index (χ2n) is 12.3. The van der Waals surface area contributed by atoms with Gasteiger partial charge in [-0.05, 0) is 62.6 Å². The number of benzene rings is 3. The average molecular weight is 630 g/mol. The Labute approximate surface area is 267 Å². The van der Waals surface area contributed by atoms with Crippen LogP contribution in [0.2, 0.25) is 0 Å². The molecule has 1 heterocycles. The van der Waals surface area contributed by atoms with Gasteiger partial charge >= 0.3 is 12.1 Å². The molecule has 0 saturated heterocycles. The molecule has 12 heteroatoms. The Morgan fingerprint density at radius 3 is 2.26 bits per heavy atom. The second kappa shape index (κ2) is 14.2. The van der Waals surface area contributed by atoms with Crippen LogP contribution < -0.4 is 16.0 Å². The number of nitrogens with one attached hydrogen (secondary N) is 3. The van der Waals surface area contributed by atoms with Crippen LogP contribution in [0.1, 0.15) is 51.8 Å². The third-order valence-electron chi connectivity index (χ3n) is 6.86. The molecule has 0 aliphatic rings. The molecule has 12 nitrogen and oxygen atoms in total. The summed E-state index contributed by atoms with van der Waals surface area (Å²) in [4.78, 5) is 51.5. The molecule has 0 spiro atoms. The highest BCUT2D eigenvalue weighted by Crippen LogP contribution is 2.24. The van der Waals surface area contributed by atoms with Gasteiger partial charge in [-0.1, -0.05) is 66.7 Å². The molecule has 0 aliphatic carbocycles. The molecule has 3 aromatic carbocycles. The average Bonchev–Trinajstić information content (AvgIpc) is 3.43. The molecule has 1 aromatic heterocycles. The van der Waals surface area contributed by atoms with Gasteiger partial charge in [0.15, 0.2) is 6.04 Å². The molecule has 0 saturated carbocycles. The van der Waals surface area contributed by atoms with Gasteiger partial charge in [0, 0.05) is 6.20 Å². The van der Waals surface area contributed by atoms with Crippen molar-refractivity contribution in [1.29, 1.82) is 0 Å². The second-order valence-corrected chi connectivity index (χ2v) is 12.3. The Hall–Kier alpha value is -5.23. The summed E-state index contributed by atoms with van der Waals surface area (Å²) in [6.45, 7) is 8.05. The zero-order valence-corrected chi connectivity index (χ0v) is 26.4. The molecule has 0 fully saturated rings. The Morgan fingerprint density at radius 2 is 1.59 bits per heavy atom. The molecule has 4 N–H and O–H groups in total. The zero-order chi connectivity index (χ0) is 33.5. The first-order valence-corrected chi connectivity index (χ1v) is 14.7. The summed E-state index contributed by atoms with van der Waals surface area (Å²) < 4.78 is 12.3. The number of fused-ring (bicyclic) bond motifs is 1. The number of hydrogen-bond acceptors (Lipinski definition) is 7. The van der Waals surface area contributed by atoms with E-state index in [-0.39, 0.29) is 18.9 Å². The zero-order valence-electron chi connectivity index (χ0n) is 26.4. The molecule has 2 unspecified atom stereocenters. The van der Waals surface area contributed by atoms with Gasteiger partial charge in [-0.2, -0.15) is 5.10 Å². The van der Waals surface area contributed by atoms with Crippen LogP contribution in [0.25, 0.3) is 10.8 Å². The number of amides is 3. The summed E-state index contributed by atoms with van der Waals surface area (Å²) in [7, 11) is 0. The molecular formula is C34H39N5O7. The highest BCUT2D eigenvalue weighted by molar-refractivity contribution is 5.99. The maximum absolute atomic E-state index is 13.5. The Balaban J connectivity index is 1.50. The fraction of sp³-hybridized carbons (Fsp3) is 0.324. The van der Waals surface area contributed by atoms with Crippen molar-refractivity contribution in [3.63, 3.8) is 0 Å². The van der Waals surface area contributed by atoms with Crippen LogP contribution in [0.5, 0.6) is 0 Å². The summed E-state index contributed by atoms with van der Waals surface area (Å²) in [6.07, 6.45) is 1.94. The van der Waals surface area contributed by atoms with E-state index in [1.165, 1.54) is 30.9 Å². The van der Waals surface area contributed by atoms with E-state index < -0.39 is 47.1 Å². The number of alkyl carbamates (subject to hydrolysis) is 1. The maximum Gasteiger partial charge on any atom is 0.408 e. The first-order valence-electron chi connectivity index (χ1n) is 14.7. The topological polar surface area (TPSA) is 161 Å². The SMILES string of the molecule is CC(C)(C)OC(=O)NC(C)(C)C(=O)NC(COCc1ccccc1)C(=O)Nc1cnn(C(C(=O)O)c2ccc3ccccc3c2)c1. The summed E-state index contributed by atoms with van der Waals surface area (Å²) >= 11 is 0. The molecule has 4 aromatic rings. The number of carboxylic acids is 1. The van der Waals surface area contributed by atoms with Gasteiger partial charge in [-0.3, -0.25) is 14.3 Å². The first kappa shape index (κ1) is 33.7. The van der Waals surface area contributed by atoms with Crippen LogP contribution >= 0.6 is 0 Å². The summed E-state index contributed by atoms with van der Waals surface area (Å²) in [6, 6.07) is 19.9. The lowest BCUT2D eigenvalue weighted by Crippen LogP contribution is -2.59. The van der Waals surface area contributed by atoms with Crippen molar-refractivity contribution in [2.24, 2.45) is 0 Å². The number of hydrogen-bond donors (Lipinski definition) is 4. The van der Waals surface area contributed by atoms with E-state index in [1.54, 1.807) is 32.9 Å². The van der Waals surface area contributed by atoms with Gasteiger partial charge < -0.3 is 30.5 Å². The molecule has 46 heavy (non-hydrogen) atoms. The minimum absolute atomic E-state index is 0.185. The van der Waals surface area contributed by atoms with E-state index in [1.807, 2.05) is 60.7 Å². The largest absolute Gasteiger partial charge is 0.479 e. The van der Waals surface area contributed by atoms with Crippen molar-refractivity contribution in [2.45, 2.75) is 64.4 Å². The predicted octanol–water partition coefficient (Wildman–Crippen LogP) is 4.65. The van der Waals surface area contributed by atoms with Crippen molar-refractivity contribution in [3.05, 3.63) is 96.3 Å². The number of carboxylic acid groups (broad SMARTS) is 1. The van der Waals surface area contributed by atoms with Crippen molar-refractivity contribution in [2.75, 3.05) is 11.9 Å². The number of carbonyl (C=O) groups excluding carboxylic acids is 3. The summed E-state index contributed by atoms with van der Waals surface area (Å²) in [5, 5.41) is 24.0. The highest BCUT2D eigenvalue weighted by atomic mass is 16.6.